The molecule has 1 nitrogen and oxygen atoms in total. The van der Waals surface area contributed by atoms with E-state index in [1.807, 2.05) is 6.08 Å². The molecule has 0 heterocycles. The quantitative estimate of drug-likeness (QED) is 0.675. The molecule has 0 aliphatic heterocycles. The first-order chi connectivity index (χ1) is 7.36. The fraction of sp³-hybridized carbons (Fsp3) is 0.429. The van der Waals surface area contributed by atoms with Crippen molar-refractivity contribution < 1.29 is 5.11 Å². The number of unbranched alkanes of at least 4 members (excludes halogenated alkanes) is 3. The molecule has 0 amide bonds. The summed E-state index contributed by atoms with van der Waals surface area (Å²) in [5.41, 5.74) is 2.57. The first kappa shape index (κ1) is 12.0. The van der Waals surface area contributed by atoms with Gasteiger partial charge in [-0.1, -0.05) is 49.8 Å². The zero-order valence-corrected chi connectivity index (χ0v) is 9.28. The third-order valence-corrected chi connectivity index (χ3v) is 2.59. The Hall–Kier alpha value is -1.08. The topological polar surface area (TPSA) is 20.2 Å². The molecule has 1 aromatic rings. The molecule has 0 saturated heterocycles. The van der Waals surface area contributed by atoms with E-state index < -0.39 is 0 Å². The van der Waals surface area contributed by atoms with Crippen LogP contribution in [0.2, 0.25) is 0 Å². The van der Waals surface area contributed by atoms with E-state index in [0.29, 0.717) is 6.61 Å². The van der Waals surface area contributed by atoms with E-state index in [0.717, 1.165) is 19.3 Å². The number of aliphatic hydroxyl groups is 1. The van der Waals surface area contributed by atoms with Crippen molar-refractivity contribution in [2.24, 2.45) is 0 Å². The van der Waals surface area contributed by atoms with Crippen LogP contribution in [-0.4, -0.2) is 11.7 Å². The molecule has 0 spiro atoms. The normalized spacial score (nSPS) is 10.2. The van der Waals surface area contributed by atoms with E-state index in [1.165, 1.54) is 24.0 Å². The third kappa shape index (κ3) is 4.80. The Balaban J connectivity index is 2.22. The molecule has 15 heavy (non-hydrogen) atoms. The second-order valence-corrected chi connectivity index (χ2v) is 3.83. The van der Waals surface area contributed by atoms with Crippen LogP contribution < -0.4 is 0 Å². The van der Waals surface area contributed by atoms with Gasteiger partial charge in [-0.25, -0.2) is 0 Å². The van der Waals surface area contributed by atoms with Crippen LogP contribution in [0, 0.1) is 0 Å². The maximum Gasteiger partial charge on any atom is 0.0431 e. The van der Waals surface area contributed by atoms with Gasteiger partial charge in [-0.05, 0) is 30.4 Å². The summed E-state index contributed by atoms with van der Waals surface area (Å²) in [6.45, 7) is 4.06. The van der Waals surface area contributed by atoms with Crippen LogP contribution in [0.15, 0.2) is 30.8 Å². The number of hydrogen-bond acceptors (Lipinski definition) is 1. The maximum atomic E-state index is 8.63. The highest BCUT2D eigenvalue weighted by atomic mass is 16.2. The molecular formula is C14H20O. The molecule has 0 saturated carbocycles. The van der Waals surface area contributed by atoms with Crippen LogP contribution in [-0.2, 0) is 6.42 Å². The van der Waals surface area contributed by atoms with E-state index in [9.17, 15) is 0 Å². The molecule has 0 fully saturated rings. The summed E-state index contributed by atoms with van der Waals surface area (Å²) in [6.07, 6.45) is 7.52. The van der Waals surface area contributed by atoms with Gasteiger partial charge in [-0.3, -0.25) is 0 Å². The Morgan fingerprint density at radius 3 is 2.27 bits per heavy atom. The van der Waals surface area contributed by atoms with Gasteiger partial charge >= 0.3 is 0 Å². The fourth-order valence-electron chi connectivity index (χ4n) is 1.61. The van der Waals surface area contributed by atoms with Crippen LogP contribution in [0.1, 0.15) is 36.8 Å². The predicted molar refractivity (Wildman–Crippen MR) is 65.8 cm³/mol. The lowest BCUT2D eigenvalue weighted by atomic mass is 10.0. The highest BCUT2D eigenvalue weighted by Crippen LogP contribution is 2.10. The van der Waals surface area contributed by atoms with Gasteiger partial charge in [0.15, 0.2) is 0 Å². The summed E-state index contributed by atoms with van der Waals surface area (Å²) in [7, 11) is 0. The molecule has 0 bridgehead atoms. The zero-order valence-electron chi connectivity index (χ0n) is 9.28. The molecular weight excluding hydrogens is 184 g/mol. The van der Waals surface area contributed by atoms with E-state index in [1.54, 1.807) is 0 Å². The molecule has 1 N–H and O–H groups in total. The highest BCUT2D eigenvalue weighted by Gasteiger charge is 1.93. The molecule has 1 heteroatoms. The minimum Gasteiger partial charge on any atom is -0.396 e. The second kappa shape index (κ2) is 7.24. The molecule has 0 radical (unpaired) electrons. The molecule has 0 aliphatic carbocycles. The maximum absolute atomic E-state index is 8.63. The van der Waals surface area contributed by atoms with Gasteiger partial charge in [-0.15, -0.1) is 0 Å². The van der Waals surface area contributed by atoms with Crippen LogP contribution in [0.3, 0.4) is 0 Å². The largest absolute Gasteiger partial charge is 0.396 e. The Kier molecular flexibility index (Phi) is 5.79. The van der Waals surface area contributed by atoms with Crippen LogP contribution in [0.25, 0.3) is 6.08 Å². The van der Waals surface area contributed by atoms with Crippen molar-refractivity contribution in [2.75, 3.05) is 6.61 Å². The van der Waals surface area contributed by atoms with Crippen molar-refractivity contribution in [2.45, 2.75) is 32.1 Å². The Morgan fingerprint density at radius 1 is 1.00 bits per heavy atom. The molecule has 1 rings (SSSR count). The number of aliphatic hydroxyl groups excluding tert-OH is 1. The predicted octanol–water partition coefficient (Wildman–Crippen LogP) is 3.42. The van der Waals surface area contributed by atoms with Gasteiger partial charge in [0.2, 0.25) is 0 Å². The standard InChI is InChI=1S/C14H20O/c1-2-13-8-10-14(11-9-13)7-5-3-4-6-12-15/h2,8-11,15H,1,3-7,12H2. The van der Waals surface area contributed by atoms with E-state index >= 15 is 0 Å². The molecule has 0 aliphatic rings. The van der Waals surface area contributed by atoms with Crippen molar-refractivity contribution in [3.8, 4) is 0 Å². The molecule has 82 valence electrons. The number of benzene rings is 1. The number of rotatable bonds is 7. The Bertz CT molecular complexity index is 274. The average Bonchev–Trinajstić information content (AvgIpc) is 2.30. The summed E-state index contributed by atoms with van der Waals surface area (Å²) < 4.78 is 0. The van der Waals surface area contributed by atoms with Gasteiger partial charge in [-0.2, -0.15) is 0 Å². The monoisotopic (exact) mass is 204 g/mol. The second-order valence-electron chi connectivity index (χ2n) is 3.83. The summed E-state index contributed by atoms with van der Waals surface area (Å²) in [6, 6.07) is 8.55. The Morgan fingerprint density at radius 2 is 1.67 bits per heavy atom. The van der Waals surface area contributed by atoms with E-state index in [2.05, 4.69) is 30.8 Å². The third-order valence-electron chi connectivity index (χ3n) is 2.59. The van der Waals surface area contributed by atoms with Crippen molar-refractivity contribution in [3.63, 3.8) is 0 Å². The van der Waals surface area contributed by atoms with E-state index in [-0.39, 0.29) is 0 Å². The van der Waals surface area contributed by atoms with Crippen LogP contribution in [0.4, 0.5) is 0 Å². The number of hydrogen-bond donors (Lipinski definition) is 1. The Labute approximate surface area is 92.5 Å². The smallest absolute Gasteiger partial charge is 0.0431 e. The zero-order chi connectivity index (χ0) is 10.9. The lowest BCUT2D eigenvalue weighted by molar-refractivity contribution is 0.282. The summed E-state index contributed by atoms with van der Waals surface area (Å²) in [5, 5.41) is 8.63. The molecule has 1 aromatic carbocycles. The summed E-state index contributed by atoms with van der Waals surface area (Å²) in [5.74, 6) is 0. The summed E-state index contributed by atoms with van der Waals surface area (Å²) >= 11 is 0. The lowest BCUT2D eigenvalue weighted by Gasteiger charge is -2.02. The van der Waals surface area contributed by atoms with Crippen molar-refractivity contribution in [3.05, 3.63) is 42.0 Å². The highest BCUT2D eigenvalue weighted by molar-refractivity contribution is 5.47. The van der Waals surface area contributed by atoms with Gasteiger partial charge in [0.05, 0.1) is 0 Å². The van der Waals surface area contributed by atoms with Gasteiger partial charge in [0.25, 0.3) is 0 Å². The number of aryl methyl sites for hydroxylation is 1. The fourth-order valence-corrected chi connectivity index (χ4v) is 1.61. The van der Waals surface area contributed by atoms with Crippen molar-refractivity contribution >= 4 is 6.08 Å². The van der Waals surface area contributed by atoms with Gasteiger partial charge in [0.1, 0.15) is 0 Å². The first-order valence-electron chi connectivity index (χ1n) is 5.69. The minimum absolute atomic E-state index is 0.327. The van der Waals surface area contributed by atoms with Crippen LogP contribution in [0.5, 0.6) is 0 Å². The first-order valence-corrected chi connectivity index (χ1v) is 5.69. The van der Waals surface area contributed by atoms with Crippen molar-refractivity contribution in [1.29, 1.82) is 0 Å². The van der Waals surface area contributed by atoms with Crippen LogP contribution >= 0.6 is 0 Å². The van der Waals surface area contributed by atoms with E-state index in [4.69, 9.17) is 5.11 Å². The summed E-state index contributed by atoms with van der Waals surface area (Å²) in [4.78, 5) is 0. The molecule has 0 aromatic heterocycles. The minimum atomic E-state index is 0.327. The SMILES string of the molecule is C=Cc1ccc(CCCCCCO)cc1. The van der Waals surface area contributed by atoms with Gasteiger partial charge < -0.3 is 5.11 Å². The molecule has 0 unspecified atom stereocenters. The lowest BCUT2D eigenvalue weighted by Crippen LogP contribution is -1.87. The van der Waals surface area contributed by atoms with Gasteiger partial charge in [0, 0.05) is 6.61 Å². The van der Waals surface area contributed by atoms with Crippen molar-refractivity contribution in [1.82, 2.24) is 0 Å². The average molecular weight is 204 g/mol. The molecule has 0 atom stereocenters.